The number of carbonyl (C=O) groups excluding carboxylic acids is 2. The van der Waals surface area contributed by atoms with E-state index < -0.39 is 11.8 Å². The minimum Gasteiger partial charge on any atom is -0.495 e. The van der Waals surface area contributed by atoms with E-state index in [0.29, 0.717) is 11.4 Å². The van der Waals surface area contributed by atoms with E-state index in [1.54, 1.807) is 35.8 Å². The Labute approximate surface area is 161 Å². The van der Waals surface area contributed by atoms with Crippen molar-refractivity contribution in [3.05, 3.63) is 70.3 Å². The van der Waals surface area contributed by atoms with E-state index in [9.17, 15) is 9.59 Å². The normalized spacial score (nSPS) is 11.6. The third-order valence-corrected chi connectivity index (χ3v) is 5.04. The summed E-state index contributed by atoms with van der Waals surface area (Å²) in [4.78, 5) is 25.6. The molecule has 3 aromatic rings. The van der Waals surface area contributed by atoms with Crippen molar-refractivity contribution < 1.29 is 18.7 Å². The molecule has 2 aromatic heterocycles. The summed E-state index contributed by atoms with van der Waals surface area (Å²) in [5.74, 6) is -0.382. The van der Waals surface area contributed by atoms with Gasteiger partial charge in [0, 0.05) is 11.4 Å². The highest BCUT2D eigenvalue weighted by Crippen LogP contribution is 2.28. The molecule has 0 aliphatic heterocycles. The number of ether oxygens (including phenoxy) is 1. The van der Waals surface area contributed by atoms with Crippen LogP contribution in [0.2, 0.25) is 0 Å². The summed E-state index contributed by atoms with van der Waals surface area (Å²) in [5.41, 5.74) is 1.40. The molecule has 2 amide bonds. The van der Waals surface area contributed by atoms with E-state index in [1.807, 2.05) is 36.6 Å². The van der Waals surface area contributed by atoms with Gasteiger partial charge in [-0.3, -0.25) is 9.59 Å². The lowest BCUT2D eigenvalue weighted by molar-refractivity contribution is -0.136. The minimum absolute atomic E-state index is 0.148. The Morgan fingerprint density at radius 3 is 2.70 bits per heavy atom. The van der Waals surface area contributed by atoms with Crippen LogP contribution in [0.3, 0.4) is 0 Å². The minimum atomic E-state index is -0.747. The van der Waals surface area contributed by atoms with Gasteiger partial charge < -0.3 is 19.8 Å². The van der Waals surface area contributed by atoms with Crippen LogP contribution in [0.5, 0.6) is 5.75 Å². The van der Waals surface area contributed by atoms with Gasteiger partial charge in [0.15, 0.2) is 0 Å². The lowest BCUT2D eigenvalue weighted by atomic mass is 10.0. The van der Waals surface area contributed by atoms with Gasteiger partial charge in [-0.1, -0.05) is 12.1 Å². The fourth-order valence-corrected chi connectivity index (χ4v) is 3.53. The van der Waals surface area contributed by atoms with Gasteiger partial charge >= 0.3 is 11.8 Å². The number of benzene rings is 1. The number of methoxy groups -OCH3 is 1. The number of anilines is 1. The maximum atomic E-state index is 12.3. The molecule has 3 rings (SSSR count). The van der Waals surface area contributed by atoms with Crippen molar-refractivity contribution in [2.75, 3.05) is 19.0 Å². The third kappa shape index (κ3) is 4.57. The van der Waals surface area contributed by atoms with Gasteiger partial charge in [0.05, 0.1) is 25.0 Å². The molecule has 1 atom stereocenters. The standard InChI is InChI=1S/C20H20N2O4S/c1-13-7-8-17(25-2)15(11-13)22-20(24)19(23)21-12-14(16-5-3-9-26-16)18-6-4-10-27-18/h3-11,14H,12H2,1-2H3,(H,21,23)(H,22,24). The second-order valence-electron chi connectivity index (χ2n) is 5.95. The van der Waals surface area contributed by atoms with Gasteiger partial charge in [0.2, 0.25) is 0 Å². The van der Waals surface area contributed by atoms with Crippen LogP contribution in [0.4, 0.5) is 5.69 Å². The van der Waals surface area contributed by atoms with Gasteiger partial charge in [-0.15, -0.1) is 11.3 Å². The molecule has 0 aliphatic rings. The quantitative estimate of drug-likeness (QED) is 0.637. The summed E-state index contributed by atoms with van der Waals surface area (Å²) < 4.78 is 10.7. The zero-order chi connectivity index (χ0) is 19.2. The van der Waals surface area contributed by atoms with Crippen molar-refractivity contribution in [1.29, 1.82) is 0 Å². The summed E-state index contributed by atoms with van der Waals surface area (Å²) >= 11 is 1.57. The van der Waals surface area contributed by atoms with Crippen molar-refractivity contribution in [3.63, 3.8) is 0 Å². The maximum absolute atomic E-state index is 12.3. The molecule has 7 heteroatoms. The topological polar surface area (TPSA) is 80.6 Å². The number of aryl methyl sites for hydroxylation is 1. The van der Waals surface area contributed by atoms with Crippen LogP contribution in [0.25, 0.3) is 0 Å². The highest BCUT2D eigenvalue weighted by atomic mass is 32.1. The number of thiophene rings is 1. The monoisotopic (exact) mass is 384 g/mol. The fourth-order valence-electron chi connectivity index (χ4n) is 2.69. The molecule has 2 N–H and O–H groups in total. The van der Waals surface area contributed by atoms with Gasteiger partial charge in [0.25, 0.3) is 0 Å². The summed E-state index contributed by atoms with van der Waals surface area (Å²) in [6.07, 6.45) is 1.59. The highest BCUT2D eigenvalue weighted by Gasteiger charge is 2.22. The van der Waals surface area contributed by atoms with Crippen molar-refractivity contribution in [2.45, 2.75) is 12.8 Å². The lowest BCUT2D eigenvalue weighted by Crippen LogP contribution is -2.37. The molecule has 0 saturated carbocycles. The number of hydrogen-bond donors (Lipinski definition) is 2. The average Bonchev–Trinajstić information content (AvgIpc) is 3.36. The third-order valence-electron chi connectivity index (χ3n) is 4.05. The predicted octanol–water partition coefficient (Wildman–Crippen LogP) is 3.54. The van der Waals surface area contributed by atoms with E-state index in [1.165, 1.54) is 7.11 Å². The number of amides is 2. The molecular weight excluding hydrogens is 364 g/mol. The molecule has 27 heavy (non-hydrogen) atoms. The van der Waals surface area contributed by atoms with Crippen LogP contribution in [0.1, 0.15) is 22.1 Å². The zero-order valence-electron chi connectivity index (χ0n) is 15.0. The van der Waals surface area contributed by atoms with Crippen LogP contribution < -0.4 is 15.4 Å². The van der Waals surface area contributed by atoms with Crippen molar-refractivity contribution in [2.24, 2.45) is 0 Å². The molecule has 1 unspecified atom stereocenters. The van der Waals surface area contributed by atoms with Gasteiger partial charge in [-0.2, -0.15) is 0 Å². The smallest absolute Gasteiger partial charge is 0.313 e. The first kappa shape index (κ1) is 18.7. The average molecular weight is 384 g/mol. The summed E-state index contributed by atoms with van der Waals surface area (Å²) in [6.45, 7) is 2.15. The largest absolute Gasteiger partial charge is 0.495 e. The molecule has 0 radical (unpaired) electrons. The molecule has 1 aromatic carbocycles. The number of nitrogens with one attached hydrogen (secondary N) is 2. The van der Waals surface area contributed by atoms with Crippen LogP contribution in [-0.4, -0.2) is 25.5 Å². The Bertz CT molecular complexity index is 870. The number of hydrogen-bond acceptors (Lipinski definition) is 5. The Morgan fingerprint density at radius 1 is 1.19 bits per heavy atom. The van der Waals surface area contributed by atoms with Gasteiger partial charge in [-0.25, -0.2) is 0 Å². The maximum Gasteiger partial charge on any atom is 0.313 e. The Hall–Kier alpha value is -3.06. The molecule has 0 bridgehead atoms. The molecule has 0 saturated heterocycles. The van der Waals surface area contributed by atoms with Crippen LogP contribution in [0, 0.1) is 6.92 Å². The number of furan rings is 1. The van der Waals surface area contributed by atoms with Crippen molar-refractivity contribution in [3.8, 4) is 5.75 Å². The van der Waals surface area contributed by atoms with Crippen LogP contribution in [0.15, 0.2) is 58.5 Å². The summed E-state index contributed by atoms with van der Waals surface area (Å²) in [5, 5.41) is 7.25. The highest BCUT2D eigenvalue weighted by molar-refractivity contribution is 7.10. The summed E-state index contributed by atoms with van der Waals surface area (Å²) in [6, 6.07) is 12.9. The molecule has 0 aliphatic carbocycles. The number of carbonyl (C=O) groups is 2. The van der Waals surface area contributed by atoms with E-state index in [-0.39, 0.29) is 12.5 Å². The Morgan fingerprint density at radius 2 is 2.04 bits per heavy atom. The molecule has 0 fully saturated rings. The van der Waals surface area contributed by atoms with E-state index >= 15 is 0 Å². The molecule has 6 nitrogen and oxygen atoms in total. The fraction of sp³-hybridized carbons (Fsp3) is 0.200. The Balaban J connectivity index is 1.66. The second kappa shape index (κ2) is 8.55. The van der Waals surface area contributed by atoms with E-state index in [4.69, 9.17) is 9.15 Å². The molecular formula is C20H20N2O4S. The molecule has 140 valence electrons. The van der Waals surface area contributed by atoms with Crippen molar-refractivity contribution in [1.82, 2.24) is 5.32 Å². The first-order valence-corrected chi connectivity index (χ1v) is 9.27. The summed E-state index contributed by atoms with van der Waals surface area (Å²) in [7, 11) is 1.51. The van der Waals surface area contributed by atoms with E-state index in [2.05, 4.69) is 10.6 Å². The van der Waals surface area contributed by atoms with Gasteiger partial charge in [0.1, 0.15) is 11.5 Å². The Kier molecular flexibility index (Phi) is 5.93. The SMILES string of the molecule is COc1ccc(C)cc1NC(=O)C(=O)NCC(c1ccco1)c1cccs1. The van der Waals surface area contributed by atoms with Crippen LogP contribution >= 0.6 is 11.3 Å². The first-order valence-electron chi connectivity index (χ1n) is 8.39. The zero-order valence-corrected chi connectivity index (χ0v) is 15.8. The number of rotatable bonds is 6. The van der Waals surface area contributed by atoms with Crippen molar-refractivity contribution >= 4 is 28.8 Å². The van der Waals surface area contributed by atoms with Gasteiger partial charge in [-0.05, 0) is 48.2 Å². The molecule has 2 heterocycles. The first-order chi connectivity index (χ1) is 13.1. The second-order valence-corrected chi connectivity index (χ2v) is 6.93. The molecule has 0 spiro atoms. The lowest BCUT2D eigenvalue weighted by Gasteiger charge is -2.15. The van der Waals surface area contributed by atoms with E-state index in [0.717, 1.165) is 16.2 Å². The van der Waals surface area contributed by atoms with Crippen LogP contribution in [-0.2, 0) is 9.59 Å². The predicted molar refractivity (Wildman–Crippen MR) is 104 cm³/mol.